The minimum Gasteiger partial charge on any atom is -0.327 e. The molecule has 0 bridgehead atoms. The molecule has 4 aromatic rings. The molecular weight excluding hydrogens is 516 g/mol. The van der Waals surface area contributed by atoms with Gasteiger partial charge < -0.3 is 9.47 Å². The van der Waals surface area contributed by atoms with Crippen LogP contribution in [-0.4, -0.2) is 66.7 Å². The minimum absolute atomic E-state index is 0.317. The van der Waals surface area contributed by atoms with Crippen molar-refractivity contribution in [1.82, 2.24) is 19.4 Å². The van der Waals surface area contributed by atoms with E-state index in [0.29, 0.717) is 4.90 Å². The zero-order valence-corrected chi connectivity index (χ0v) is 25.1. The van der Waals surface area contributed by atoms with Crippen LogP contribution in [0.2, 0.25) is 0 Å². The van der Waals surface area contributed by atoms with Crippen LogP contribution >= 0.6 is 0 Å². The smallest absolute Gasteiger partial charge is 0.175 e. The van der Waals surface area contributed by atoms with Crippen molar-refractivity contribution in [2.45, 2.75) is 32.2 Å². The molecule has 2 saturated heterocycles. The molecule has 2 fully saturated rings. The number of fused-ring (bicyclic) bond motifs is 2. The molecule has 0 spiro atoms. The van der Waals surface area contributed by atoms with Gasteiger partial charge in [-0.3, -0.25) is 4.90 Å². The number of imidazole rings is 1. The molecule has 0 amide bonds. The monoisotopic (exact) mass is 556 g/mol. The summed E-state index contributed by atoms with van der Waals surface area (Å²) in [7, 11) is -1.21. The van der Waals surface area contributed by atoms with Crippen LogP contribution in [-0.2, 0) is 23.4 Å². The second-order valence-electron chi connectivity index (χ2n) is 12.5. The van der Waals surface area contributed by atoms with Crippen molar-refractivity contribution in [3.05, 3.63) is 71.8 Å². The summed E-state index contributed by atoms with van der Waals surface area (Å²) in [5, 5.41) is 0. The van der Waals surface area contributed by atoms with E-state index >= 15 is 0 Å². The average Bonchev–Trinajstić information content (AvgIpc) is 3.55. The molecule has 2 aliphatic rings. The maximum Gasteiger partial charge on any atom is 0.175 e. The molecule has 210 valence electrons. The lowest BCUT2D eigenvalue weighted by Crippen LogP contribution is -2.30. The quantitative estimate of drug-likeness (QED) is 0.295. The van der Waals surface area contributed by atoms with Gasteiger partial charge in [-0.15, -0.1) is 0 Å². The van der Waals surface area contributed by atoms with Crippen molar-refractivity contribution in [3.63, 3.8) is 0 Å². The van der Waals surface area contributed by atoms with Gasteiger partial charge in [0.15, 0.2) is 9.84 Å². The molecule has 3 aromatic carbocycles. The van der Waals surface area contributed by atoms with E-state index in [-0.39, 0.29) is 0 Å². The van der Waals surface area contributed by atoms with E-state index in [1.807, 2.05) is 19.2 Å². The van der Waals surface area contributed by atoms with Gasteiger partial charge in [-0.2, -0.15) is 0 Å². The molecule has 1 aromatic heterocycles. The summed E-state index contributed by atoms with van der Waals surface area (Å²) < 4.78 is 25.8. The van der Waals surface area contributed by atoms with Crippen LogP contribution < -0.4 is 0 Å². The molecule has 2 aliphatic heterocycles. The number of sulfone groups is 1. The summed E-state index contributed by atoms with van der Waals surface area (Å²) in [6.45, 7) is 14.0. The Morgan fingerprint density at radius 3 is 2.05 bits per heavy atom. The first-order valence-corrected chi connectivity index (χ1v) is 16.3. The number of nitrogens with zero attached hydrogens (tertiary/aromatic N) is 4. The molecular formula is C33H40N4O2S. The summed E-state index contributed by atoms with van der Waals surface area (Å²) >= 11 is 0. The van der Waals surface area contributed by atoms with Gasteiger partial charge in [-0.05, 0) is 83.3 Å². The molecule has 0 N–H and O–H groups in total. The first kappa shape index (κ1) is 27.2. The lowest BCUT2D eigenvalue weighted by Gasteiger charge is -2.22. The fourth-order valence-electron chi connectivity index (χ4n) is 6.78. The Bertz CT molecular complexity index is 1620. The fraction of sp³-hybridized carbons (Fsp3) is 0.424. The Morgan fingerprint density at radius 2 is 1.45 bits per heavy atom. The number of benzene rings is 3. The maximum absolute atomic E-state index is 11.9. The predicted octanol–water partition coefficient (Wildman–Crippen LogP) is 5.64. The van der Waals surface area contributed by atoms with Crippen LogP contribution in [0.1, 0.15) is 25.0 Å². The highest BCUT2D eigenvalue weighted by Gasteiger charge is 2.39. The van der Waals surface area contributed by atoms with Crippen molar-refractivity contribution in [2.75, 3.05) is 39.0 Å². The van der Waals surface area contributed by atoms with E-state index in [9.17, 15) is 8.42 Å². The summed E-state index contributed by atoms with van der Waals surface area (Å²) in [4.78, 5) is 10.6. The Balaban J connectivity index is 1.18. The third-order valence-electron chi connectivity index (χ3n) is 8.67. The van der Waals surface area contributed by atoms with Crippen LogP contribution in [0.3, 0.4) is 0 Å². The standard InChI is InChI=1S/C33H40N4O2S/c1-22(2)16-36-18-28-20-37(21-29(28)19-36)17-24-6-8-25(9-7-24)27-14-23(3)32-31(15-27)35(4)33(34-32)26-10-12-30(13-11-26)40(5,38)39/h6-15,22,28-29H,16-21H2,1-5H3/t28-,29?/m1/s1. The van der Waals surface area contributed by atoms with Gasteiger partial charge in [0.1, 0.15) is 5.82 Å². The van der Waals surface area contributed by atoms with E-state index in [0.717, 1.165) is 52.3 Å². The van der Waals surface area contributed by atoms with E-state index in [2.05, 4.69) is 71.5 Å². The molecule has 7 heteroatoms. The molecule has 3 heterocycles. The maximum atomic E-state index is 11.9. The molecule has 6 nitrogen and oxygen atoms in total. The van der Waals surface area contributed by atoms with E-state index in [1.165, 1.54) is 55.7 Å². The van der Waals surface area contributed by atoms with Gasteiger partial charge in [0.05, 0.1) is 15.9 Å². The third kappa shape index (κ3) is 5.35. The first-order chi connectivity index (χ1) is 19.0. The van der Waals surface area contributed by atoms with Crippen LogP contribution in [0, 0.1) is 24.7 Å². The van der Waals surface area contributed by atoms with Crippen molar-refractivity contribution in [2.24, 2.45) is 24.8 Å². The van der Waals surface area contributed by atoms with Crippen molar-refractivity contribution < 1.29 is 8.42 Å². The molecule has 0 radical (unpaired) electrons. The van der Waals surface area contributed by atoms with E-state index < -0.39 is 9.84 Å². The van der Waals surface area contributed by atoms with Gasteiger partial charge in [0.2, 0.25) is 0 Å². The molecule has 40 heavy (non-hydrogen) atoms. The topological polar surface area (TPSA) is 58.4 Å². The zero-order valence-electron chi connectivity index (χ0n) is 24.3. The lowest BCUT2D eigenvalue weighted by atomic mass is 10.0. The summed E-state index contributed by atoms with van der Waals surface area (Å²) in [5.41, 5.74) is 7.82. The van der Waals surface area contributed by atoms with Gasteiger partial charge >= 0.3 is 0 Å². The number of aryl methyl sites for hydroxylation is 2. The predicted molar refractivity (Wildman–Crippen MR) is 163 cm³/mol. The van der Waals surface area contributed by atoms with E-state index in [4.69, 9.17) is 4.98 Å². The summed E-state index contributed by atoms with van der Waals surface area (Å²) in [6.07, 6.45) is 1.23. The van der Waals surface area contributed by atoms with Crippen LogP contribution in [0.4, 0.5) is 0 Å². The Labute approximate surface area is 238 Å². The van der Waals surface area contributed by atoms with Crippen LogP contribution in [0.15, 0.2) is 65.6 Å². The van der Waals surface area contributed by atoms with Crippen molar-refractivity contribution in [3.8, 4) is 22.5 Å². The number of likely N-dealkylation sites (tertiary alicyclic amines) is 2. The number of aromatic nitrogens is 2. The Morgan fingerprint density at radius 1 is 0.850 bits per heavy atom. The van der Waals surface area contributed by atoms with Gasteiger partial charge in [-0.25, -0.2) is 13.4 Å². The summed E-state index contributed by atoms with van der Waals surface area (Å²) in [5.74, 6) is 3.23. The first-order valence-electron chi connectivity index (χ1n) is 14.4. The van der Waals surface area contributed by atoms with E-state index in [1.54, 1.807) is 12.1 Å². The highest BCUT2D eigenvalue weighted by Crippen LogP contribution is 2.34. The third-order valence-corrected chi connectivity index (χ3v) is 9.80. The number of hydrogen-bond donors (Lipinski definition) is 0. The second kappa shape index (κ2) is 10.4. The Hall–Kier alpha value is -3.00. The normalized spacial score (nSPS) is 20.1. The lowest BCUT2D eigenvalue weighted by molar-refractivity contribution is 0.235. The van der Waals surface area contributed by atoms with Gasteiger partial charge in [0, 0.05) is 58.1 Å². The fourth-order valence-corrected chi connectivity index (χ4v) is 7.41. The summed E-state index contributed by atoms with van der Waals surface area (Å²) in [6, 6.07) is 20.5. The second-order valence-corrected chi connectivity index (χ2v) is 14.5. The minimum atomic E-state index is -3.23. The van der Waals surface area contributed by atoms with Crippen molar-refractivity contribution in [1.29, 1.82) is 0 Å². The average molecular weight is 557 g/mol. The Kier molecular flexibility index (Phi) is 7.09. The highest BCUT2D eigenvalue weighted by molar-refractivity contribution is 7.90. The highest BCUT2D eigenvalue weighted by atomic mass is 32.2. The SMILES string of the molecule is Cc1cc(-c2ccc(CN3CC4CN(CC(C)C)C[C@@H]4C3)cc2)cc2c1nc(-c1ccc(S(C)(=O)=O)cc1)n2C. The van der Waals surface area contributed by atoms with Crippen LogP contribution in [0.5, 0.6) is 0 Å². The number of rotatable bonds is 7. The molecule has 2 atom stereocenters. The largest absolute Gasteiger partial charge is 0.327 e. The molecule has 6 rings (SSSR count). The van der Waals surface area contributed by atoms with Crippen molar-refractivity contribution >= 4 is 20.9 Å². The molecule has 0 aliphatic carbocycles. The zero-order chi connectivity index (χ0) is 28.2. The van der Waals surface area contributed by atoms with Gasteiger partial charge in [-0.1, -0.05) is 38.1 Å². The molecule has 1 unspecified atom stereocenters. The van der Waals surface area contributed by atoms with Gasteiger partial charge in [0.25, 0.3) is 0 Å². The van der Waals surface area contributed by atoms with Crippen LogP contribution in [0.25, 0.3) is 33.5 Å². The number of hydrogen-bond acceptors (Lipinski definition) is 5. The molecule has 0 saturated carbocycles.